The molecule has 0 radical (unpaired) electrons. The van der Waals surface area contributed by atoms with Crippen molar-refractivity contribution in [2.75, 3.05) is 5.32 Å². The van der Waals surface area contributed by atoms with Crippen molar-refractivity contribution in [1.29, 1.82) is 0 Å². The van der Waals surface area contributed by atoms with Gasteiger partial charge in [-0.2, -0.15) is 0 Å². The van der Waals surface area contributed by atoms with Crippen LogP contribution in [0.15, 0.2) is 17.0 Å². The van der Waals surface area contributed by atoms with E-state index in [2.05, 4.69) is 5.32 Å². The first-order valence-corrected chi connectivity index (χ1v) is 9.44. The molecule has 1 aliphatic carbocycles. The summed E-state index contributed by atoms with van der Waals surface area (Å²) in [7, 11) is 1.61. The number of amides is 1. The molecule has 2 rings (SSSR count). The lowest BCUT2D eigenvalue weighted by Crippen LogP contribution is -2.16. The Balaban J connectivity index is 2.14. The summed E-state index contributed by atoms with van der Waals surface area (Å²) in [5, 5.41) is 2.91. The van der Waals surface area contributed by atoms with Gasteiger partial charge in [-0.05, 0) is 55.9 Å². The first kappa shape index (κ1) is 16.3. The number of rotatable bonds is 4. The van der Waals surface area contributed by atoms with Crippen molar-refractivity contribution in [1.82, 2.24) is 0 Å². The van der Waals surface area contributed by atoms with E-state index in [0.717, 1.165) is 12.8 Å². The number of benzene rings is 1. The molecule has 1 aromatic carbocycles. The lowest BCUT2D eigenvalue weighted by atomic mass is 10.0. The molecule has 0 heterocycles. The lowest BCUT2D eigenvalue weighted by molar-refractivity contribution is -0.117. The van der Waals surface area contributed by atoms with Gasteiger partial charge in [0.05, 0.1) is 4.90 Å². The van der Waals surface area contributed by atoms with Crippen molar-refractivity contribution in [3.8, 4) is 0 Å². The molecule has 116 valence electrons. The number of carbonyl (C=O) groups is 1. The van der Waals surface area contributed by atoms with E-state index in [1.165, 1.54) is 25.0 Å². The Morgan fingerprint density at radius 2 is 1.76 bits per heavy atom. The second-order valence-corrected chi connectivity index (χ2v) is 8.34. The molecule has 6 heteroatoms. The van der Waals surface area contributed by atoms with Crippen molar-refractivity contribution in [3.05, 3.63) is 23.3 Å². The summed E-state index contributed by atoms with van der Waals surface area (Å²) in [5.74, 6) is 0.475. The van der Waals surface area contributed by atoms with Crippen LogP contribution in [0.1, 0.15) is 43.2 Å². The van der Waals surface area contributed by atoms with Gasteiger partial charge in [0.15, 0.2) is 0 Å². The summed E-state index contributed by atoms with van der Waals surface area (Å²) < 4.78 is 22.8. The van der Waals surface area contributed by atoms with E-state index in [1.807, 2.05) is 0 Å². The van der Waals surface area contributed by atoms with Crippen LogP contribution in [-0.2, 0) is 13.8 Å². The van der Waals surface area contributed by atoms with Crippen molar-refractivity contribution >= 4 is 31.3 Å². The Hall–Kier alpha value is -1.07. The van der Waals surface area contributed by atoms with E-state index >= 15 is 0 Å². The Kier molecular flexibility index (Phi) is 4.94. The third-order valence-corrected chi connectivity index (χ3v) is 5.33. The molecule has 0 aromatic heterocycles. The van der Waals surface area contributed by atoms with Gasteiger partial charge in [-0.15, -0.1) is 0 Å². The third-order valence-electron chi connectivity index (χ3n) is 4.00. The van der Waals surface area contributed by atoms with Crippen molar-refractivity contribution in [3.63, 3.8) is 0 Å². The maximum atomic E-state index is 12.1. The summed E-state index contributed by atoms with van der Waals surface area (Å²) in [6, 6.07) is 2.97. The predicted molar refractivity (Wildman–Crippen MR) is 84.2 cm³/mol. The number of anilines is 1. The molecule has 1 N–H and O–H groups in total. The van der Waals surface area contributed by atoms with Gasteiger partial charge in [-0.1, -0.05) is 12.8 Å². The highest BCUT2D eigenvalue weighted by Gasteiger charge is 2.20. The molecule has 0 unspecified atom stereocenters. The van der Waals surface area contributed by atoms with Gasteiger partial charge in [0.1, 0.15) is 0 Å². The van der Waals surface area contributed by atoms with Crippen LogP contribution in [0.5, 0.6) is 0 Å². The number of hydrogen-bond donors (Lipinski definition) is 1. The Labute approximate surface area is 130 Å². The van der Waals surface area contributed by atoms with Crippen molar-refractivity contribution in [2.24, 2.45) is 5.92 Å². The number of aryl methyl sites for hydroxylation is 2. The molecule has 1 aliphatic rings. The van der Waals surface area contributed by atoms with E-state index in [0.29, 0.717) is 29.2 Å². The molecular weight excluding hydrogens is 310 g/mol. The second kappa shape index (κ2) is 6.36. The second-order valence-electron chi connectivity index (χ2n) is 5.77. The molecule has 0 spiro atoms. The van der Waals surface area contributed by atoms with Gasteiger partial charge >= 0.3 is 0 Å². The van der Waals surface area contributed by atoms with Gasteiger partial charge in [-0.3, -0.25) is 4.79 Å². The van der Waals surface area contributed by atoms with Gasteiger partial charge in [-0.25, -0.2) is 8.42 Å². The average Bonchev–Trinajstić information content (AvgIpc) is 2.85. The first-order valence-electron chi connectivity index (χ1n) is 7.13. The zero-order valence-corrected chi connectivity index (χ0v) is 13.9. The first-order chi connectivity index (χ1) is 9.77. The maximum Gasteiger partial charge on any atom is 0.261 e. The number of nitrogens with one attached hydrogen (secondary N) is 1. The zero-order chi connectivity index (χ0) is 15.6. The minimum absolute atomic E-state index is 0.00502. The average molecular weight is 330 g/mol. The molecule has 4 nitrogen and oxygen atoms in total. The quantitative estimate of drug-likeness (QED) is 0.856. The molecule has 0 atom stereocenters. The number of halogens is 1. The minimum atomic E-state index is -3.75. The molecule has 1 amide bonds. The van der Waals surface area contributed by atoms with Crippen molar-refractivity contribution in [2.45, 2.75) is 50.8 Å². The van der Waals surface area contributed by atoms with Crippen molar-refractivity contribution < 1.29 is 13.2 Å². The Morgan fingerprint density at radius 3 is 2.24 bits per heavy atom. The summed E-state index contributed by atoms with van der Waals surface area (Å²) in [5.41, 5.74) is 2.09. The van der Waals surface area contributed by atoms with E-state index in [-0.39, 0.29) is 10.8 Å². The highest BCUT2D eigenvalue weighted by molar-refractivity contribution is 8.13. The smallest absolute Gasteiger partial charge is 0.261 e. The Bertz CT molecular complexity index is 626. The largest absolute Gasteiger partial charge is 0.326 e. The van der Waals surface area contributed by atoms with E-state index in [1.54, 1.807) is 13.8 Å². The highest BCUT2D eigenvalue weighted by Crippen LogP contribution is 2.30. The van der Waals surface area contributed by atoms with E-state index in [4.69, 9.17) is 10.7 Å². The van der Waals surface area contributed by atoms with Crippen LogP contribution in [0.4, 0.5) is 5.69 Å². The topological polar surface area (TPSA) is 63.2 Å². The molecule has 21 heavy (non-hydrogen) atoms. The summed E-state index contributed by atoms with van der Waals surface area (Å²) in [4.78, 5) is 12.2. The fourth-order valence-electron chi connectivity index (χ4n) is 2.93. The van der Waals surface area contributed by atoms with Crippen LogP contribution in [-0.4, -0.2) is 14.3 Å². The summed E-state index contributed by atoms with van der Waals surface area (Å²) in [6.07, 6.45) is 5.19. The van der Waals surface area contributed by atoms with Gasteiger partial charge in [0.25, 0.3) is 9.05 Å². The van der Waals surface area contributed by atoms with Crippen LogP contribution in [0.25, 0.3) is 0 Å². The molecule has 0 bridgehead atoms. The minimum Gasteiger partial charge on any atom is -0.326 e. The maximum absolute atomic E-state index is 12.1. The van der Waals surface area contributed by atoms with Crippen LogP contribution < -0.4 is 5.32 Å². The van der Waals surface area contributed by atoms with Crippen LogP contribution in [0.2, 0.25) is 0 Å². The fraction of sp³-hybridized carbons (Fsp3) is 0.533. The molecule has 1 fully saturated rings. The van der Waals surface area contributed by atoms with E-state index in [9.17, 15) is 13.2 Å². The summed E-state index contributed by atoms with van der Waals surface area (Å²) >= 11 is 0. The van der Waals surface area contributed by atoms with Crippen LogP contribution in [0.3, 0.4) is 0 Å². The van der Waals surface area contributed by atoms with Gasteiger partial charge < -0.3 is 5.32 Å². The lowest BCUT2D eigenvalue weighted by Gasteiger charge is -2.14. The predicted octanol–water partition coefficient (Wildman–Crippen LogP) is 3.75. The monoisotopic (exact) mass is 329 g/mol. The standard InChI is InChI=1S/C15H20ClNO3S/c1-10-7-13(21(16,19)20)8-11(2)15(10)17-14(18)9-12-5-3-4-6-12/h7-8,12H,3-6,9H2,1-2H3,(H,17,18). The summed E-state index contributed by atoms with van der Waals surface area (Å²) in [6.45, 7) is 3.54. The molecule has 1 saturated carbocycles. The number of hydrogen-bond acceptors (Lipinski definition) is 3. The SMILES string of the molecule is Cc1cc(S(=O)(=O)Cl)cc(C)c1NC(=O)CC1CCCC1. The van der Waals surface area contributed by atoms with Gasteiger partial charge in [0, 0.05) is 22.8 Å². The highest BCUT2D eigenvalue weighted by atomic mass is 35.7. The fourth-order valence-corrected chi connectivity index (χ4v) is 3.83. The van der Waals surface area contributed by atoms with E-state index < -0.39 is 9.05 Å². The molecule has 0 aliphatic heterocycles. The zero-order valence-electron chi connectivity index (χ0n) is 12.3. The number of carbonyl (C=O) groups excluding carboxylic acids is 1. The molecular formula is C15H20ClNO3S. The van der Waals surface area contributed by atoms with Crippen LogP contribution in [0, 0.1) is 19.8 Å². The molecule has 1 aromatic rings. The normalized spacial score (nSPS) is 16.1. The Morgan fingerprint density at radius 1 is 1.24 bits per heavy atom. The third kappa shape index (κ3) is 4.20. The van der Waals surface area contributed by atoms with Crippen LogP contribution >= 0.6 is 10.7 Å². The van der Waals surface area contributed by atoms with Gasteiger partial charge in [0.2, 0.25) is 5.91 Å². The molecule has 0 saturated heterocycles.